The first-order chi connectivity index (χ1) is 12.2. The maximum absolute atomic E-state index is 11.9. The minimum absolute atomic E-state index is 0.105. The van der Waals surface area contributed by atoms with E-state index < -0.39 is 5.63 Å². The first kappa shape index (κ1) is 18.2. The van der Waals surface area contributed by atoms with Crippen LogP contribution in [0.15, 0.2) is 38.6 Å². The summed E-state index contributed by atoms with van der Waals surface area (Å²) in [5, 5.41) is 11.3. The quantitative estimate of drug-likeness (QED) is 0.537. The second kappa shape index (κ2) is 6.95. The van der Waals surface area contributed by atoms with Crippen LogP contribution in [0.1, 0.15) is 39.1 Å². The van der Waals surface area contributed by atoms with Crippen molar-refractivity contribution in [3.05, 3.63) is 46.1 Å². The van der Waals surface area contributed by atoms with Crippen LogP contribution in [0.4, 0.5) is 5.69 Å². The number of nitrogens with one attached hydrogen (secondary N) is 2. The predicted molar refractivity (Wildman–Crippen MR) is 101 cm³/mol. The molecule has 7 nitrogen and oxygen atoms in total. The molecule has 2 N–H and O–H groups in total. The molecule has 0 unspecified atom stereocenters. The van der Waals surface area contributed by atoms with Gasteiger partial charge in [-0.05, 0) is 17.7 Å². The summed E-state index contributed by atoms with van der Waals surface area (Å²) < 4.78 is 5.27. The molecule has 0 spiro atoms. The van der Waals surface area contributed by atoms with Crippen molar-refractivity contribution in [1.29, 1.82) is 0 Å². The Labute approximate surface area is 154 Å². The van der Waals surface area contributed by atoms with Crippen LogP contribution in [-0.2, 0) is 16.0 Å². The van der Waals surface area contributed by atoms with E-state index in [9.17, 15) is 9.59 Å². The molecule has 0 aliphatic carbocycles. The van der Waals surface area contributed by atoms with E-state index in [2.05, 4.69) is 41.3 Å². The zero-order chi connectivity index (χ0) is 18.9. The molecule has 136 valence electrons. The van der Waals surface area contributed by atoms with Gasteiger partial charge in [-0.15, -0.1) is 5.10 Å². The molecule has 3 rings (SSSR count). The maximum Gasteiger partial charge on any atom is 0.336 e. The number of benzene rings is 1. The number of amides is 1. The van der Waals surface area contributed by atoms with Gasteiger partial charge in [0, 0.05) is 41.3 Å². The van der Waals surface area contributed by atoms with Gasteiger partial charge in [0.05, 0.1) is 0 Å². The summed E-state index contributed by atoms with van der Waals surface area (Å²) in [7, 11) is 0. The first-order valence-electron chi connectivity index (χ1n) is 8.12. The first-order valence-corrected chi connectivity index (χ1v) is 9.11. The smallest absolute Gasteiger partial charge is 0.336 e. The molecular formula is C18H20N4O3S. The van der Waals surface area contributed by atoms with E-state index in [1.165, 1.54) is 24.8 Å². The number of H-pyrrole nitrogens is 1. The lowest BCUT2D eigenvalue weighted by molar-refractivity contribution is -0.114. The largest absolute Gasteiger partial charge is 0.423 e. The number of hydrogen-bond acceptors (Lipinski definition) is 6. The van der Waals surface area contributed by atoms with Gasteiger partial charge in [0.1, 0.15) is 11.4 Å². The number of rotatable bonds is 4. The van der Waals surface area contributed by atoms with Crippen molar-refractivity contribution in [3.8, 4) is 0 Å². The van der Waals surface area contributed by atoms with Crippen molar-refractivity contribution in [2.45, 2.75) is 44.0 Å². The highest BCUT2D eigenvalue weighted by atomic mass is 32.2. The number of aromatic nitrogens is 3. The summed E-state index contributed by atoms with van der Waals surface area (Å²) in [6, 6.07) is 6.74. The molecule has 0 radical (unpaired) electrons. The Kier molecular flexibility index (Phi) is 4.86. The van der Waals surface area contributed by atoms with Crippen molar-refractivity contribution in [1.82, 2.24) is 15.2 Å². The fourth-order valence-electron chi connectivity index (χ4n) is 2.42. The maximum atomic E-state index is 11.9. The summed E-state index contributed by atoms with van der Waals surface area (Å²) >= 11 is 1.45. The highest BCUT2D eigenvalue weighted by Crippen LogP contribution is 2.27. The summed E-state index contributed by atoms with van der Waals surface area (Å²) in [4.78, 5) is 27.6. The summed E-state index contributed by atoms with van der Waals surface area (Å²) in [5.74, 6) is 1.17. The second-order valence-electron chi connectivity index (χ2n) is 6.99. The van der Waals surface area contributed by atoms with Gasteiger partial charge in [0.2, 0.25) is 11.1 Å². The van der Waals surface area contributed by atoms with Crippen LogP contribution in [0, 0.1) is 0 Å². The zero-order valence-electron chi connectivity index (χ0n) is 15.0. The normalized spacial score (nSPS) is 11.7. The van der Waals surface area contributed by atoms with Gasteiger partial charge in [-0.2, -0.15) is 0 Å². The summed E-state index contributed by atoms with van der Waals surface area (Å²) in [5.41, 5.74) is 1.31. The van der Waals surface area contributed by atoms with Crippen molar-refractivity contribution in [3.63, 3.8) is 0 Å². The zero-order valence-corrected chi connectivity index (χ0v) is 15.9. The number of thioether (sulfide) groups is 1. The highest BCUT2D eigenvalue weighted by molar-refractivity contribution is 7.98. The van der Waals surface area contributed by atoms with E-state index in [0.29, 0.717) is 22.2 Å². The number of anilines is 1. The fourth-order valence-corrected chi connectivity index (χ4v) is 3.21. The van der Waals surface area contributed by atoms with Crippen molar-refractivity contribution in [2.24, 2.45) is 0 Å². The Bertz CT molecular complexity index is 1020. The Morgan fingerprint density at radius 3 is 2.73 bits per heavy atom. The minimum atomic E-state index is -0.432. The van der Waals surface area contributed by atoms with E-state index in [1.807, 2.05) is 6.07 Å². The van der Waals surface area contributed by atoms with E-state index in [-0.39, 0.29) is 11.3 Å². The Balaban J connectivity index is 1.86. The minimum Gasteiger partial charge on any atom is -0.423 e. The molecule has 26 heavy (non-hydrogen) atoms. The van der Waals surface area contributed by atoms with Crippen LogP contribution in [-0.4, -0.2) is 21.1 Å². The van der Waals surface area contributed by atoms with Crippen molar-refractivity contribution in [2.75, 3.05) is 5.32 Å². The van der Waals surface area contributed by atoms with Gasteiger partial charge in [-0.1, -0.05) is 32.5 Å². The van der Waals surface area contributed by atoms with Crippen LogP contribution < -0.4 is 10.9 Å². The average Bonchev–Trinajstić information content (AvgIpc) is 3.00. The third-order valence-corrected chi connectivity index (χ3v) is 4.58. The second-order valence-corrected chi connectivity index (χ2v) is 7.93. The van der Waals surface area contributed by atoms with E-state index in [0.717, 1.165) is 16.8 Å². The predicted octanol–water partition coefficient (Wildman–Crippen LogP) is 3.46. The summed E-state index contributed by atoms with van der Waals surface area (Å²) in [6.45, 7) is 7.61. The Hall–Kier alpha value is -2.61. The number of fused-ring (bicyclic) bond motifs is 1. The number of hydrogen-bond donors (Lipinski definition) is 2. The molecule has 0 saturated heterocycles. The van der Waals surface area contributed by atoms with Gasteiger partial charge in [-0.3, -0.25) is 9.89 Å². The third-order valence-electron chi connectivity index (χ3n) is 3.68. The Morgan fingerprint density at radius 2 is 2.08 bits per heavy atom. The molecule has 2 aromatic heterocycles. The number of carbonyl (C=O) groups excluding carboxylic acids is 1. The van der Waals surface area contributed by atoms with Gasteiger partial charge in [-0.25, -0.2) is 9.78 Å². The lowest BCUT2D eigenvalue weighted by Crippen LogP contribution is -2.13. The summed E-state index contributed by atoms with van der Waals surface area (Å²) in [6.07, 6.45) is 0. The molecule has 0 aliphatic rings. The molecule has 0 fully saturated rings. The topological polar surface area (TPSA) is 101 Å². The highest BCUT2D eigenvalue weighted by Gasteiger charge is 2.19. The SMILES string of the molecule is CC(=O)Nc1ccc2c(CSc3n[nH]c(C(C)(C)C)n3)cc(=O)oc2c1. The van der Waals surface area contributed by atoms with E-state index in [1.54, 1.807) is 12.1 Å². The van der Waals surface area contributed by atoms with Crippen molar-refractivity contribution < 1.29 is 9.21 Å². The van der Waals surface area contributed by atoms with Gasteiger partial charge in [0.15, 0.2) is 0 Å². The van der Waals surface area contributed by atoms with Crippen LogP contribution in [0.5, 0.6) is 0 Å². The van der Waals surface area contributed by atoms with Gasteiger partial charge < -0.3 is 9.73 Å². The fraction of sp³-hybridized carbons (Fsp3) is 0.333. The standard InChI is InChI=1S/C18H20N4O3S/c1-10(23)19-12-5-6-13-11(7-15(24)25-14(13)8-12)9-26-17-20-16(21-22-17)18(2,3)4/h5-8H,9H2,1-4H3,(H,19,23)(H,20,21,22). The monoisotopic (exact) mass is 372 g/mol. The molecule has 1 aromatic carbocycles. The molecule has 2 heterocycles. The van der Waals surface area contributed by atoms with Crippen LogP contribution in [0.2, 0.25) is 0 Å². The number of aromatic amines is 1. The lowest BCUT2D eigenvalue weighted by atomic mass is 9.96. The molecule has 3 aromatic rings. The van der Waals surface area contributed by atoms with Gasteiger partial charge in [0.25, 0.3) is 0 Å². The van der Waals surface area contributed by atoms with E-state index in [4.69, 9.17) is 4.42 Å². The van der Waals surface area contributed by atoms with Crippen LogP contribution >= 0.6 is 11.8 Å². The average molecular weight is 372 g/mol. The lowest BCUT2D eigenvalue weighted by Gasteiger charge is -2.12. The van der Waals surface area contributed by atoms with E-state index >= 15 is 0 Å². The molecule has 0 atom stereocenters. The number of nitrogens with zero attached hydrogens (tertiary/aromatic N) is 2. The molecule has 1 amide bonds. The third kappa shape index (κ3) is 4.13. The molecule has 0 saturated carbocycles. The molecule has 0 bridgehead atoms. The van der Waals surface area contributed by atoms with Gasteiger partial charge >= 0.3 is 5.63 Å². The van der Waals surface area contributed by atoms with Crippen molar-refractivity contribution >= 4 is 34.3 Å². The molecule has 0 aliphatic heterocycles. The molecule has 8 heteroatoms. The Morgan fingerprint density at radius 1 is 1.31 bits per heavy atom. The van der Waals surface area contributed by atoms with Crippen LogP contribution in [0.3, 0.4) is 0 Å². The number of carbonyl (C=O) groups is 1. The molecular weight excluding hydrogens is 352 g/mol. The van der Waals surface area contributed by atoms with Crippen LogP contribution in [0.25, 0.3) is 11.0 Å².